The number of β-amino-alcohol motifs (C(OH)–C–C–N with tert-alkyl or cyclic N) is 1. The first kappa shape index (κ1) is 12.6. The molecule has 1 aromatic heterocycles. The molecule has 0 spiro atoms. The number of aryl methyl sites for hydroxylation is 1. The molecular formula is C10H17N3O3S. The molecule has 0 unspecified atom stereocenters. The Kier molecular flexibility index (Phi) is 3.26. The first-order valence-electron chi connectivity index (χ1n) is 5.41. The van der Waals surface area contributed by atoms with Crippen LogP contribution in [0.2, 0.25) is 0 Å². The number of aromatic nitrogens is 1. The number of likely N-dealkylation sites (N-methyl/N-ethyl adjacent to an activating group) is 1. The Morgan fingerprint density at radius 2 is 2.24 bits per heavy atom. The highest BCUT2D eigenvalue weighted by atomic mass is 32.2. The van der Waals surface area contributed by atoms with Crippen molar-refractivity contribution in [1.82, 2.24) is 14.2 Å². The average molecular weight is 259 g/mol. The summed E-state index contributed by atoms with van der Waals surface area (Å²) in [4.78, 5) is 0.251. The highest BCUT2D eigenvalue weighted by Crippen LogP contribution is 2.19. The fourth-order valence-electron chi connectivity index (χ4n) is 2.00. The number of nitrogens with zero attached hydrogens (tertiary/aromatic N) is 2. The van der Waals surface area contributed by atoms with Crippen molar-refractivity contribution >= 4 is 10.0 Å². The second-order valence-corrected chi connectivity index (χ2v) is 6.32. The molecule has 2 atom stereocenters. The van der Waals surface area contributed by atoms with Crippen molar-refractivity contribution in [2.45, 2.75) is 17.0 Å². The van der Waals surface area contributed by atoms with Crippen molar-refractivity contribution in [3.63, 3.8) is 0 Å². The molecule has 2 N–H and O–H groups in total. The summed E-state index contributed by atoms with van der Waals surface area (Å²) < 4.78 is 27.4. The third-order valence-corrected chi connectivity index (χ3v) is 4.97. The quantitative estimate of drug-likeness (QED) is 0.728. The molecule has 1 saturated heterocycles. The molecule has 0 aromatic carbocycles. The molecular weight excluding hydrogens is 242 g/mol. The molecule has 7 heteroatoms. The predicted molar refractivity (Wildman–Crippen MR) is 63.0 cm³/mol. The van der Waals surface area contributed by atoms with Gasteiger partial charge in [-0.05, 0) is 6.07 Å². The van der Waals surface area contributed by atoms with Gasteiger partial charge < -0.3 is 15.0 Å². The van der Waals surface area contributed by atoms with Crippen LogP contribution in [0.25, 0.3) is 0 Å². The van der Waals surface area contributed by atoms with Gasteiger partial charge in [0.1, 0.15) is 0 Å². The molecule has 96 valence electrons. The van der Waals surface area contributed by atoms with Gasteiger partial charge in [-0.1, -0.05) is 0 Å². The Morgan fingerprint density at radius 3 is 2.71 bits per heavy atom. The van der Waals surface area contributed by atoms with E-state index in [0.717, 1.165) is 0 Å². The molecule has 0 amide bonds. The smallest absolute Gasteiger partial charge is 0.244 e. The predicted octanol–water partition coefficient (Wildman–Crippen LogP) is -1.02. The van der Waals surface area contributed by atoms with E-state index >= 15 is 0 Å². The van der Waals surface area contributed by atoms with Crippen LogP contribution >= 0.6 is 0 Å². The van der Waals surface area contributed by atoms with E-state index in [9.17, 15) is 13.5 Å². The summed E-state index contributed by atoms with van der Waals surface area (Å²) in [5.41, 5.74) is 0. The van der Waals surface area contributed by atoms with E-state index in [2.05, 4.69) is 5.32 Å². The number of sulfonamides is 1. The number of aliphatic hydroxyl groups is 1. The van der Waals surface area contributed by atoms with Gasteiger partial charge in [0.15, 0.2) is 0 Å². The zero-order valence-corrected chi connectivity index (χ0v) is 10.7. The van der Waals surface area contributed by atoms with E-state index in [1.54, 1.807) is 30.1 Å². The zero-order chi connectivity index (χ0) is 12.6. The third-order valence-electron chi connectivity index (χ3n) is 3.10. The monoisotopic (exact) mass is 259 g/mol. The molecule has 0 aliphatic carbocycles. The highest BCUT2D eigenvalue weighted by Gasteiger charge is 2.35. The fraction of sp³-hybridized carbons (Fsp3) is 0.600. The normalized spacial score (nSPS) is 25.6. The van der Waals surface area contributed by atoms with E-state index in [0.29, 0.717) is 13.1 Å². The molecule has 6 nitrogen and oxygen atoms in total. The molecule has 1 aromatic rings. The minimum atomic E-state index is -3.52. The second-order valence-electron chi connectivity index (χ2n) is 4.33. The number of hydrogen-bond acceptors (Lipinski definition) is 4. The molecule has 0 radical (unpaired) electrons. The summed E-state index contributed by atoms with van der Waals surface area (Å²) in [5.74, 6) is 0. The summed E-state index contributed by atoms with van der Waals surface area (Å²) in [6, 6.07) is 1.15. The Bertz CT molecular complexity index is 497. The maximum Gasteiger partial charge on any atom is 0.244 e. The first-order chi connectivity index (χ1) is 7.93. The largest absolute Gasteiger partial charge is 0.390 e. The van der Waals surface area contributed by atoms with Crippen LogP contribution < -0.4 is 5.32 Å². The van der Waals surface area contributed by atoms with Gasteiger partial charge in [0.05, 0.1) is 17.0 Å². The first-order valence-corrected chi connectivity index (χ1v) is 6.85. The summed E-state index contributed by atoms with van der Waals surface area (Å²) in [7, 11) is -0.250. The Morgan fingerprint density at radius 1 is 1.53 bits per heavy atom. The van der Waals surface area contributed by atoms with Crippen LogP contribution in [0, 0.1) is 0 Å². The summed E-state index contributed by atoms with van der Waals surface area (Å²) >= 11 is 0. The van der Waals surface area contributed by atoms with Gasteiger partial charge in [-0.2, -0.15) is 4.31 Å². The topological polar surface area (TPSA) is 74.6 Å². The average Bonchev–Trinajstić information content (AvgIpc) is 2.86. The van der Waals surface area contributed by atoms with Gasteiger partial charge in [0.25, 0.3) is 0 Å². The van der Waals surface area contributed by atoms with Gasteiger partial charge in [0, 0.05) is 39.6 Å². The van der Waals surface area contributed by atoms with Crippen LogP contribution in [0.1, 0.15) is 0 Å². The standard InChI is InChI=1S/C10H17N3O3S/c1-12-4-3-8(7-12)17(15,16)13(2)9-5-11-6-10(9)14/h3-4,7,9-11,14H,5-6H2,1-2H3/t9-,10-/m0/s1. The van der Waals surface area contributed by atoms with Gasteiger partial charge >= 0.3 is 0 Å². The number of nitrogens with one attached hydrogen (secondary N) is 1. The lowest BCUT2D eigenvalue weighted by Crippen LogP contribution is -2.44. The van der Waals surface area contributed by atoms with Crippen LogP contribution in [-0.2, 0) is 17.1 Å². The highest BCUT2D eigenvalue weighted by molar-refractivity contribution is 7.89. The van der Waals surface area contributed by atoms with E-state index in [4.69, 9.17) is 0 Å². The number of hydrogen-bond donors (Lipinski definition) is 2. The molecule has 17 heavy (non-hydrogen) atoms. The van der Waals surface area contributed by atoms with Gasteiger partial charge in [-0.25, -0.2) is 8.42 Å². The molecule has 0 bridgehead atoms. The van der Waals surface area contributed by atoms with E-state index in [1.165, 1.54) is 11.4 Å². The molecule has 0 saturated carbocycles. The summed E-state index contributed by atoms with van der Waals surface area (Å²) in [6.45, 7) is 0.906. The van der Waals surface area contributed by atoms with Gasteiger partial charge in [0.2, 0.25) is 10.0 Å². The molecule has 1 aliphatic heterocycles. The number of rotatable bonds is 3. The molecule has 1 fully saturated rings. The van der Waals surface area contributed by atoms with Gasteiger partial charge in [-0.15, -0.1) is 0 Å². The van der Waals surface area contributed by atoms with Crippen molar-refractivity contribution in [3.05, 3.63) is 18.5 Å². The number of aliphatic hydroxyl groups excluding tert-OH is 1. The minimum absolute atomic E-state index is 0.251. The summed E-state index contributed by atoms with van der Waals surface area (Å²) in [5, 5.41) is 12.7. The van der Waals surface area contributed by atoms with Crippen LogP contribution in [0.4, 0.5) is 0 Å². The Balaban J connectivity index is 2.26. The van der Waals surface area contributed by atoms with Crippen LogP contribution in [-0.4, -0.2) is 54.7 Å². The SMILES string of the molecule is CN([C@H]1CNC[C@@H]1O)S(=O)(=O)c1ccn(C)c1. The van der Waals surface area contributed by atoms with Crippen molar-refractivity contribution in [1.29, 1.82) is 0 Å². The second kappa shape index (κ2) is 4.41. The third kappa shape index (κ3) is 2.23. The van der Waals surface area contributed by atoms with Crippen molar-refractivity contribution in [2.24, 2.45) is 7.05 Å². The zero-order valence-electron chi connectivity index (χ0n) is 9.87. The Hall–Kier alpha value is -0.890. The lowest BCUT2D eigenvalue weighted by atomic mass is 10.2. The van der Waals surface area contributed by atoms with Crippen molar-refractivity contribution in [3.8, 4) is 0 Å². The van der Waals surface area contributed by atoms with E-state index < -0.39 is 22.2 Å². The molecule has 2 rings (SSSR count). The lowest BCUT2D eigenvalue weighted by molar-refractivity contribution is 0.136. The maximum absolute atomic E-state index is 12.3. The summed E-state index contributed by atoms with van der Waals surface area (Å²) in [6.07, 6.45) is 2.59. The van der Waals surface area contributed by atoms with Crippen LogP contribution in [0.5, 0.6) is 0 Å². The maximum atomic E-state index is 12.3. The fourth-order valence-corrected chi connectivity index (χ4v) is 3.43. The van der Waals surface area contributed by atoms with Crippen molar-refractivity contribution in [2.75, 3.05) is 20.1 Å². The van der Waals surface area contributed by atoms with Gasteiger partial charge in [-0.3, -0.25) is 0 Å². The Labute approximate surface area is 101 Å². The van der Waals surface area contributed by atoms with Crippen molar-refractivity contribution < 1.29 is 13.5 Å². The molecule has 2 heterocycles. The van der Waals surface area contributed by atoms with E-state index in [-0.39, 0.29) is 4.90 Å². The minimum Gasteiger partial charge on any atom is -0.390 e. The lowest BCUT2D eigenvalue weighted by Gasteiger charge is -2.25. The van der Waals surface area contributed by atoms with Crippen LogP contribution in [0.3, 0.4) is 0 Å². The van der Waals surface area contributed by atoms with Crippen LogP contribution in [0.15, 0.2) is 23.4 Å². The molecule has 1 aliphatic rings. The van der Waals surface area contributed by atoms with E-state index in [1.807, 2.05) is 0 Å².